The van der Waals surface area contributed by atoms with E-state index in [0.29, 0.717) is 28.3 Å². The molecule has 2 atom stereocenters. The maximum atomic E-state index is 14.0. The second kappa shape index (κ2) is 12.6. The van der Waals surface area contributed by atoms with Crippen LogP contribution in [0.15, 0.2) is 72.8 Å². The first-order chi connectivity index (χ1) is 16.4. The summed E-state index contributed by atoms with van der Waals surface area (Å²) in [7, 11) is 0. The summed E-state index contributed by atoms with van der Waals surface area (Å²) in [6, 6.07) is 19.4. The standard InChI is InChI=1S/C27H28ClFN2O2S/c1-3-18-11-13-19(14-12-18)25(20-7-6-8-21(29)17-20)31-27(33)24(15-16-34-2)30-26(32)22-9-4-5-10-23(22)28/h4-14,17,24-25H,3,15-16H2,1-2H3,(H,30,32)(H,31,33)/t24-,25+/m0/s1. The summed E-state index contributed by atoms with van der Waals surface area (Å²) in [5.41, 5.74) is 2.93. The van der Waals surface area contributed by atoms with E-state index in [0.717, 1.165) is 17.5 Å². The second-order valence-corrected chi connectivity index (χ2v) is 9.27. The fourth-order valence-corrected chi connectivity index (χ4v) is 4.31. The largest absolute Gasteiger partial charge is 0.343 e. The topological polar surface area (TPSA) is 58.2 Å². The Morgan fingerprint density at radius 3 is 2.35 bits per heavy atom. The normalized spacial score (nSPS) is 12.6. The molecule has 0 fully saturated rings. The van der Waals surface area contributed by atoms with E-state index in [1.807, 2.05) is 30.5 Å². The molecule has 0 heterocycles. The van der Waals surface area contributed by atoms with Gasteiger partial charge in [-0.15, -0.1) is 0 Å². The molecule has 7 heteroatoms. The summed E-state index contributed by atoms with van der Waals surface area (Å²) in [6.45, 7) is 2.07. The number of carbonyl (C=O) groups excluding carboxylic acids is 2. The van der Waals surface area contributed by atoms with Gasteiger partial charge in [-0.2, -0.15) is 11.8 Å². The van der Waals surface area contributed by atoms with Gasteiger partial charge in [0.2, 0.25) is 5.91 Å². The highest BCUT2D eigenvalue weighted by Gasteiger charge is 2.26. The van der Waals surface area contributed by atoms with Crippen LogP contribution in [0, 0.1) is 5.82 Å². The highest BCUT2D eigenvalue weighted by atomic mass is 35.5. The minimum absolute atomic E-state index is 0.308. The maximum absolute atomic E-state index is 14.0. The predicted octanol–water partition coefficient (Wildman–Crippen LogP) is 5.80. The second-order valence-electron chi connectivity index (χ2n) is 7.88. The first-order valence-corrected chi connectivity index (χ1v) is 12.9. The van der Waals surface area contributed by atoms with E-state index in [9.17, 15) is 14.0 Å². The molecule has 3 rings (SSSR count). The molecular weight excluding hydrogens is 471 g/mol. The molecule has 0 aliphatic rings. The van der Waals surface area contributed by atoms with Crippen LogP contribution in [0.5, 0.6) is 0 Å². The number of carbonyl (C=O) groups is 2. The zero-order chi connectivity index (χ0) is 24.5. The molecule has 0 aromatic heterocycles. The van der Waals surface area contributed by atoms with Crippen LogP contribution in [0.1, 0.15) is 46.4 Å². The molecule has 2 N–H and O–H groups in total. The summed E-state index contributed by atoms with van der Waals surface area (Å²) in [4.78, 5) is 26.3. The Balaban J connectivity index is 1.87. The Bertz CT molecular complexity index is 1120. The van der Waals surface area contributed by atoms with Gasteiger partial charge in [0.1, 0.15) is 11.9 Å². The van der Waals surface area contributed by atoms with E-state index in [1.54, 1.807) is 48.2 Å². The number of benzene rings is 3. The number of amides is 2. The van der Waals surface area contributed by atoms with Gasteiger partial charge in [-0.05, 0) is 65.8 Å². The van der Waals surface area contributed by atoms with Crippen molar-refractivity contribution in [2.45, 2.75) is 31.8 Å². The number of hydrogen-bond acceptors (Lipinski definition) is 3. The summed E-state index contributed by atoms with van der Waals surface area (Å²) >= 11 is 7.75. The van der Waals surface area contributed by atoms with Crippen LogP contribution >= 0.6 is 23.4 Å². The minimum Gasteiger partial charge on any atom is -0.343 e. The Labute approximate surface area is 209 Å². The lowest BCUT2D eigenvalue weighted by atomic mass is 9.96. The number of aryl methyl sites for hydroxylation is 1. The monoisotopic (exact) mass is 498 g/mol. The summed E-state index contributed by atoms with van der Waals surface area (Å²) in [5.74, 6) is -0.464. The van der Waals surface area contributed by atoms with Crippen molar-refractivity contribution < 1.29 is 14.0 Å². The number of halogens is 2. The highest BCUT2D eigenvalue weighted by Crippen LogP contribution is 2.24. The fraction of sp³-hybridized carbons (Fsp3) is 0.259. The first-order valence-electron chi connectivity index (χ1n) is 11.1. The Morgan fingerprint density at radius 1 is 0.971 bits per heavy atom. The third kappa shape index (κ3) is 6.84. The summed E-state index contributed by atoms with van der Waals surface area (Å²) < 4.78 is 14.0. The van der Waals surface area contributed by atoms with Gasteiger partial charge in [0.15, 0.2) is 0 Å². The molecular formula is C27H28ClFN2O2S. The molecule has 0 saturated carbocycles. The first kappa shape index (κ1) is 25.8. The number of hydrogen-bond donors (Lipinski definition) is 2. The predicted molar refractivity (Wildman–Crippen MR) is 138 cm³/mol. The van der Waals surface area contributed by atoms with Gasteiger partial charge >= 0.3 is 0 Å². The third-order valence-electron chi connectivity index (χ3n) is 5.54. The van der Waals surface area contributed by atoms with Gasteiger partial charge < -0.3 is 10.6 Å². The van der Waals surface area contributed by atoms with Crippen LogP contribution in [0.2, 0.25) is 5.02 Å². The van der Waals surface area contributed by atoms with Gasteiger partial charge in [0.05, 0.1) is 16.6 Å². The van der Waals surface area contributed by atoms with Crippen LogP contribution in [-0.2, 0) is 11.2 Å². The molecule has 3 aromatic carbocycles. The van der Waals surface area contributed by atoms with Crippen molar-refractivity contribution in [1.29, 1.82) is 0 Å². The van der Waals surface area contributed by atoms with Crippen molar-refractivity contribution in [2.24, 2.45) is 0 Å². The molecule has 3 aromatic rings. The lowest BCUT2D eigenvalue weighted by molar-refractivity contribution is -0.123. The highest BCUT2D eigenvalue weighted by molar-refractivity contribution is 7.98. The lowest BCUT2D eigenvalue weighted by Gasteiger charge is -2.24. The molecule has 34 heavy (non-hydrogen) atoms. The maximum Gasteiger partial charge on any atom is 0.253 e. The van der Waals surface area contributed by atoms with Crippen molar-refractivity contribution >= 4 is 35.2 Å². The third-order valence-corrected chi connectivity index (χ3v) is 6.51. The minimum atomic E-state index is -0.776. The van der Waals surface area contributed by atoms with Gasteiger partial charge in [-0.1, -0.05) is 67.1 Å². The van der Waals surface area contributed by atoms with E-state index in [2.05, 4.69) is 17.6 Å². The molecule has 0 aliphatic heterocycles. The van der Waals surface area contributed by atoms with Crippen LogP contribution in [0.4, 0.5) is 4.39 Å². The van der Waals surface area contributed by atoms with E-state index in [1.165, 1.54) is 12.1 Å². The van der Waals surface area contributed by atoms with Crippen LogP contribution in [0.25, 0.3) is 0 Å². The molecule has 0 bridgehead atoms. The molecule has 178 valence electrons. The van der Waals surface area contributed by atoms with Crippen molar-refractivity contribution in [3.63, 3.8) is 0 Å². The van der Waals surface area contributed by atoms with Crippen LogP contribution in [0.3, 0.4) is 0 Å². The fourth-order valence-electron chi connectivity index (χ4n) is 3.62. The molecule has 0 saturated heterocycles. The number of nitrogens with one attached hydrogen (secondary N) is 2. The molecule has 0 radical (unpaired) electrons. The van der Waals surface area contributed by atoms with Crippen molar-refractivity contribution in [2.75, 3.05) is 12.0 Å². The van der Waals surface area contributed by atoms with E-state index in [-0.39, 0.29) is 11.7 Å². The number of thioether (sulfide) groups is 1. The van der Waals surface area contributed by atoms with Gasteiger partial charge in [0, 0.05) is 0 Å². The van der Waals surface area contributed by atoms with E-state index < -0.39 is 18.0 Å². The van der Waals surface area contributed by atoms with Gasteiger partial charge in [-0.25, -0.2) is 4.39 Å². The molecule has 0 spiro atoms. The molecule has 0 aliphatic carbocycles. The SMILES string of the molecule is CCc1ccc([C@@H](NC(=O)[C@H](CCSC)NC(=O)c2ccccc2Cl)c2cccc(F)c2)cc1. The van der Waals surface area contributed by atoms with Crippen molar-refractivity contribution in [1.82, 2.24) is 10.6 Å². The quantitative estimate of drug-likeness (QED) is 0.371. The molecule has 0 unspecified atom stereocenters. The molecule has 4 nitrogen and oxygen atoms in total. The van der Waals surface area contributed by atoms with Crippen LogP contribution in [-0.4, -0.2) is 29.9 Å². The smallest absolute Gasteiger partial charge is 0.253 e. The Morgan fingerprint density at radius 2 is 1.71 bits per heavy atom. The van der Waals surface area contributed by atoms with E-state index in [4.69, 9.17) is 11.6 Å². The summed E-state index contributed by atoms with van der Waals surface area (Å²) in [6.07, 6.45) is 3.27. The Kier molecular flexibility index (Phi) is 9.54. The van der Waals surface area contributed by atoms with Crippen LogP contribution < -0.4 is 10.6 Å². The average Bonchev–Trinajstić information content (AvgIpc) is 2.85. The number of rotatable bonds is 10. The van der Waals surface area contributed by atoms with Crippen molar-refractivity contribution in [3.8, 4) is 0 Å². The lowest BCUT2D eigenvalue weighted by Crippen LogP contribution is -2.48. The van der Waals surface area contributed by atoms with E-state index >= 15 is 0 Å². The molecule has 2 amide bonds. The van der Waals surface area contributed by atoms with Gasteiger partial charge in [-0.3, -0.25) is 9.59 Å². The van der Waals surface area contributed by atoms with Gasteiger partial charge in [0.25, 0.3) is 5.91 Å². The summed E-state index contributed by atoms with van der Waals surface area (Å²) in [5, 5.41) is 6.17. The Hall–Kier alpha value is -2.83. The average molecular weight is 499 g/mol. The zero-order valence-electron chi connectivity index (χ0n) is 19.2. The van der Waals surface area contributed by atoms with Crippen molar-refractivity contribution in [3.05, 3.63) is 106 Å². The zero-order valence-corrected chi connectivity index (χ0v) is 20.8.